The number of nitrogens with one attached hydrogen (secondary N) is 1. The van der Waals surface area contributed by atoms with Crippen molar-refractivity contribution in [3.63, 3.8) is 0 Å². The average molecular weight is 292 g/mol. The molecule has 0 aliphatic heterocycles. The Morgan fingerprint density at radius 1 is 1.00 bits per heavy atom. The normalized spacial score (nSPS) is 10.9. The molecule has 96 valence electrons. The van der Waals surface area contributed by atoms with Gasteiger partial charge in [0.2, 0.25) is 0 Å². The molecule has 0 saturated heterocycles. The van der Waals surface area contributed by atoms with Gasteiger partial charge >= 0.3 is 0 Å². The summed E-state index contributed by atoms with van der Waals surface area (Å²) in [7, 11) is 1.92. The summed E-state index contributed by atoms with van der Waals surface area (Å²) in [6, 6.07) is 11.4. The lowest BCUT2D eigenvalue weighted by Gasteiger charge is -2.08. The summed E-state index contributed by atoms with van der Waals surface area (Å²) in [5.74, 6) is 0. The quantitative estimate of drug-likeness (QED) is 0.746. The zero-order valence-corrected chi connectivity index (χ0v) is 11.7. The van der Waals surface area contributed by atoms with Crippen molar-refractivity contribution in [2.75, 3.05) is 5.32 Å². The fourth-order valence-corrected chi connectivity index (χ4v) is 2.54. The monoisotopic (exact) mass is 291 g/mol. The van der Waals surface area contributed by atoms with Gasteiger partial charge in [0.15, 0.2) is 0 Å². The van der Waals surface area contributed by atoms with E-state index in [1.807, 2.05) is 48.3 Å². The molecule has 0 aliphatic carbocycles. The van der Waals surface area contributed by atoms with Crippen LogP contribution in [0.4, 0.5) is 11.4 Å². The lowest BCUT2D eigenvalue weighted by atomic mass is 10.2. The topological polar surface area (TPSA) is 29.9 Å². The van der Waals surface area contributed by atoms with Gasteiger partial charge in [-0.25, -0.2) is 0 Å². The van der Waals surface area contributed by atoms with E-state index in [1.54, 1.807) is 6.07 Å². The van der Waals surface area contributed by atoms with Gasteiger partial charge in [-0.3, -0.25) is 4.68 Å². The van der Waals surface area contributed by atoms with Crippen LogP contribution in [0.1, 0.15) is 0 Å². The van der Waals surface area contributed by atoms with Gasteiger partial charge < -0.3 is 5.32 Å². The lowest BCUT2D eigenvalue weighted by Crippen LogP contribution is -1.92. The molecule has 1 aromatic heterocycles. The van der Waals surface area contributed by atoms with Crippen molar-refractivity contribution in [2.45, 2.75) is 0 Å². The van der Waals surface area contributed by atoms with Crippen molar-refractivity contribution in [1.82, 2.24) is 9.78 Å². The molecule has 3 rings (SSSR count). The predicted molar refractivity (Wildman–Crippen MR) is 80.5 cm³/mol. The number of nitrogens with zero attached hydrogens (tertiary/aromatic N) is 2. The maximum atomic E-state index is 5.98. The average Bonchev–Trinajstić information content (AvgIpc) is 2.70. The van der Waals surface area contributed by atoms with Crippen molar-refractivity contribution >= 4 is 45.5 Å². The van der Waals surface area contributed by atoms with Crippen LogP contribution in [-0.4, -0.2) is 9.78 Å². The Bertz CT molecular complexity index is 729. The number of benzene rings is 2. The van der Waals surface area contributed by atoms with E-state index < -0.39 is 0 Å². The van der Waals surface area contributed by atoms with Gasteiger partial charge in [0.25, 0.3) is 0 Å². The standard InChI is InChI=1S/C14H11Cl2N3/c1-19-14-7-12(3-2-9(14)8-17-19)18-13-5-10(15)4-11(16)6-13/h2-8,18H,1H3. The van der Waals surface area contributed by atoms with Crippen molar-refractivity contribution < 1.29 is 0 Å². The minimum atomic E-state index is 0.608. The summed E-state index contributed by atoms with van der Waals surface area (Å²) in [5, 5.41) is 9.83. The van der Waals surface area contributed by atoms with Crippen LogP contribution in [0.25, 0.3) is 10.9 Å². The number of aromatic nitrogens is 2. The number of aryl methyl sites for hydroxylation is 1. The van der Waals surface area contributed by atoms with Crippen LogP contribution in [0.2, 0.25) is 10.0 Å². The van der Waals surface area contributed by atoms with E-state index in [0.29, 0.717) is 10.0 Å². The van der Waals surface area contributed by atoms with Crippen molar-refractivity contribution in [3.8, 4) is 0 Å². The van der Waals surface area contributed by atoms with Crippen LogP contribution in [0.15, 0.2) is 42.6 Å². The Morgan fingerprint density at radius 3 is 2.47 bits per heavy atom. The first-order valence-electron chi connectivity index (χ1n) is 5.77. The Balaban J connectivity index is 1.98. The van der Waals surface area contributed by atoms with E-state index in [1.165, 1.54) is 0 Å². The first-order valence-corrected chi connectivity index (χ1v) is 6.52. The molecule has 3 nitrogen and oxygen atoms in total. The van der Waals surface area contributed by atoms with E-state index in [0.717, 1.165) is 22.3 Å². The van der Waals surface area contributed by atoms with Crippen molar-refractivity contribution in [1.29, 1.82) is 0 Å². The zero-order chi connectivity index (χ0) is 13.4. The van der Waals surface area contributed by atoms with Gasteiger partial charge in [-0.2, -0.15) is 5.10 Å². The van der Waals surface area contributed by atoms with Crippen LogP contribution in [0.3, 0.4) is 0 Å². The summed E-state index contributed by atoms with van der Waals surface area (Å²) in [6.45, 7) is 0. The predicted octanol–water partition coefficient (Wildman–Crippen LogP) is 4.62. The summed E-state index contributed by atoms with van der Waals surface area (Å²) >= 11 is 12.0. The fourth-order valence-electron chi connectivity index (χ4n) is 2.01. The Labute approximate surface area is 120 Å². The van der Waals surface area contributed by atoms with Gasteiger partial charge in [0.05, 0.1) is 11.7 Å². The smallest absolute Gasteiger partial charge is 0.0699 e. The molecule has 3 aromatic rings. The second kappa shape index (κ2) is 4.76. The van der Waals surface area contributed by atoms with E-state index in [-0.39, 0.29) is 0 Å². The molecule has 0 radical (unpaired) electrons. The second-order valence-corrected chi connectivity index (χ2v) is 5.20. The summed E-state index contributed by atoms with van der Waals surface area (Å²) < 4.78 is 1.84. The van der Waals surface area contributed by atoms with E-state index in [4.69, 9.17) is 23.2 Å². The molecule has 0 fully saturated rings. The number of anilines is 2. The van der Waals surface area contributed by atoms with Crippen LogP contribution in [0.5, 0.6) is 0 Å². The Morgan fingerprint density at radius 2 is 1.74 bits per heavy atom. The van der Waals surface area contributed by atoms with Crippen LogP contribution in [-0.2, 0) is 7.05 Å². The molecule has 0 aliphatic rings. The minimum absolute atomic E-state index is 0.608. The highest BCUT2D eigenvalue weighted by molar-refractivity contribution is 6.35. The summed E-state index contributed by atoms with van der Waals surface area (Å²) in [6.07, 6.45) is 1.84. The van der Waals surface area contributed by atoms with Gasteiger partial charge in [0, 0.05) is 33.9 Å². The zero-order valence-electron chi connectivity index (χ0n) is 10.2. The van der Waals surface area contributed by atoms with Gasteiger partial charge in [-0.15, -0.1) is 0 Å². The molecule has 0 spiro atoms. The van der Waals surface area contributed by atoms with E-state index >= 15 is 0 Å². The van der Waals surface area contributed by atoms with Gasteiger partial charge in [-0.05, 0) is 36.4 Å². The first-order chi connectivity index (χ1) is 9.11. The summed E-state index contributed by atoms with van der Waals surface area (Å²) in [4.78, 5) is 0. The third kappa shape index (κ3) is 2.53. The molecule has 0 saturated carbocycles. The minimum Gasteiger partial charge on any atom is -0.355 e. The Hall–Kier alpha value is -1.71. The molecule has 1 N–H and O–H groups in total. The van der Waals surface area contributed by atoms with Crippen LogP contribution in [0, 0.1) is 0 Å². The van der Waals surface area contributed by atoms with Gasteiger partial charge in [0.1, 0.15) is 0 Å². The first kappa shape index (κ1) is 12.3. The van der Waals surface area contributed by atoms with E-state index in [9.17, 15) is 0 Å². The largest absolute Gasteiger partial charge is 0.355 e. The molecule has 19 heavy (non-hydrogen) atoms. The molecule has 0 amide bonds. The highest BCUT2D eigenvalue weighted by Crippen LogP contribution is 2.26. The van der Waals surface area contributed by atoms with E-state index in [2.05, 4.69) is 10.4 Å². The Kier molecular flexibility index (Phi) is 3.09. The maximum Gasteiger partial charge on any atom is 0.0699 e. The fraction of sp³-hybridized carbons (Fsp3) is 0.0714. The molecule has 2 aromatic carbocycles. The van der Waals surface area contributed by atoms with Crippen molar-refractivity contribution in [2.24, 2.45) is 7.05 Å². The van der Waals surface area contributed by atoms with Gasteiger partial charge in [-0.1, -0.05) is 23.2 Å². The lowest BCUT2D eigenvalue weighted by molar-refractivity contribution is 0.797. The molecule has 1 heterocycles. The van der Waals surface area contributed by atoms with Crippen LogP contribution < -0.4 is 5.32 Å². The highest BCUT2D eigenvalue weighted by Gasteiger charge is 2.03. The van der Waals surface area contributed by atoms with Crippen molar-refractivity contribution in [3.05, 3.63) is 52.6 Å². The number of halogens is 2. The molecule has 0 atom stereocenters. The highest BCUT2D eigenvalue weighted by atomic mass is 35.5. The maximum absolute atomic E-state index is 5.98. The molecule has 0 unspecified atom stereocenters. The third-order valence-electron chi connectivity index (χ3n) is 2.90. The molecule has 5 heteroatoms. The summed E-state index contributed by atoms with van der Waals surface area (Å²) in [5.41, 5.74) is 2.89. The number of rotatable bonds is 2. The molecule has 0 bridgehead atoms. The number of fused-ring (bicyclic) bond motifs is 1. The third-order valence-corrected chi connectivity index (χ3v) is 3.34. The van der Waals surface area contributed by atoms with Crippen LogP contribution >= 0.6 is 23.2 Å². The molecular formula is C14H11Cl2N3. The number of hydrogen-bond acceptors (Lipinski definition) is 2. The molecular weight excluding hydrogens is 281 g/mol. The SMILES string of the molecule is Cn1ncc2ccc(Nc3cc(Cl)cc(Cl)c3)cc21. The number of hydrogen-bond donors (Lipinski definition) is 1. The second-order valence-electron chi connectivity index (χ2n) is 4.32.